The molecule has 0 atom stereocenters. The average molecular weight is 124 g/mol. The first-order chi connectivity index (χ1) is 4.34. The van der Waals surface area contributed by atoms with Crippen LogP contribution in [0.3, 0.4) is 0 Å². The first-order valence-electron chi connectivity index (χ1n) is 3.35. The van der Waals surface area contributed by atoms with Crippen LogP contribution in [0.1, 0.15) is 25.7 Å². The molecule has 50 valence electrons. The molecule has 1 N–H and O–H groups in total. The third-order valence-corrected chi connectivity index (χ3v) is 1.69. The van der Waals surface area contributed by atoms with E-state index in [9.17, 15) is 0 Å². The predicted molar refractivity (Wildman–Crippen MR) is 38.3 cm³/mol. The maximum absolute atomic E-state index is 9.15. The van der Waals surface area contributed by atoms with Gasteiger partial charge in [-0.25, -0.2) is 0 Å². The van der Waals surface area contributed by atoms with Crippen molar-refractivity contribution in [3.8, 4) is 0 Å². The molecule has 0 bridgehead atoms. The lowest BCUT2D eigenvalue weighted by Gasteiger charge is -1.94. The topological polar surface area (TPSA) is 20.2 Å². The predicted octanol–water partition coefficient (Wildman–Crippen LogP) is 2.56. The molecule has 1 nitrogen and oxygen atoms in total. The molecular formula is C8H12O. The second kappa shape index (κ2) is 2.72. The molecule has 1 heteroatoms. The van der Waals surface area contributed by atoms with E-state index in [2.05, 4.69) is 6.58 Å². The molecule has 0 heterocycles. The number of allylic oxidation sites excluding steroid dienone is 3. The van der Waals surface area contributed by atoms with E-state index in [-0.39, 0.29) is 0 Å². The van der Waals surface area contributed by atoms with Gasteiger partial charge in [0.2, 0.25) is 0 Å². The summed E-state index contributed by atoms with van der Waals surface area (Å²) in [5, 5.41) is 9.15. The summed E-state index contributed by atoms with van der Waals surface area (Å²) >= 11 is 0. The Morgan fingerprint density at radius 2 is 2.33 bits per heavy atom. The second-order valence-electron chi connectivity index (χ2n) is 2.40. The Balaban J connectivity index is 2.54. The van der Waals surface area contributed by atoms with Gasteiger partial charge >= 0.3 is 0 Å². The molecule has 0 saturated heterocycles. The third kappa shape index (κ3) is 1.35. The van der Waals surface area contributed by atoms with Gasteiger partial charge in [-0.2, -0.15) is 0 Å². The lowest BCUT2D eigenvalue weighted by Crippen LogP contribution is -1.78. The van der Waals surface area contributed by atoms with Crippen LogP contribution in [-0.4, -0.2) is 5.11 Å². The fraction of sp³-hybridized carbons (Fsp3) is 0.500. The highest BCUT2D eigenvalue weighted by Gasteiger charge is 2.10. The summed E-state index contributed by atoms with van der Waals surface area (Å²) in [6.07, 6.45) is 5.78. The fourth-order valence-electron chi connectivity index (χ4n) is 1.18. The van der Waals surface area contributed by atoms with E-state index in [1.165, 1.54) is 5.57 Å². The second-order valence-corrected chi connectivity index (χ2v) is 2.40. The molecule has 0 aromatic heterocycles. The van der Waals surface area contributed by atoms with Crippen LogP contribution in [-0.2, 0) is 0 Å². The Morgan fingerprint density at radius 1 is 1.56 bits per heavy atom. The van der Waals surface area contributed by atoms with Gasteiger partial charge in [0.25, 0.3) is 0 Å². The van der Waals surface area contributed by atoms with Crippen LogP contribution in [0, 0.1) is 0 Å². The molecule has 0 aromatic carbocycles. The van der Waals surface area contributed by atoms with E-state index >= 15 is 0 Å². The molecule has 0 fully saturated rings. The van der Waals surface area contributed by atoms with Crippen molar-refractivity contribution in [2.24, 2.45) is 0 Å². The van der Waals surface area contributed by atoms with Crippen LogP contribution >= 0.6 is 0 Å². The SMILES string of the molecule is C=CCC1=C(O)CCC1. The minimum Gasteiger partial charge on any atom is -0.512 e. The number of rotatable bonds is 2. The van der Waals surface area contributed by atoms with Crippen LogP contribution in [0.15, 0.2) is 24.0 Å². The normalized spacial score (nSPS) is 18.7. The van der Waals surface area contributed by atoms with E-state index in [0.29, 0.717) is 5.76 Å². The van der Waals surface area contributed by atoms with E-state index in [1.54, 1.807) is 0 Å². The van der Waals surface area contributed by atoms with Crippen molar-refractivity contribution in [2.75, 3.05) is 0 Å². The summed E-state index contributed by atoms with van der Waals surface area (Å²) in [5.74, 6) is 0.606. The molecule has 1 aliphatic rings. The molecule has 0 radical (unpaired) electrons. The van der Waals surface area contributed by atoms with E-state index in [4.69, 9.17) is 5.11 Å². The van der Waals surface area contributed by atoms with Crippen molar-refractivity contribution in [2.45, 2.75) is 25.7 Å². The molecule has 0 spiro atoms. The summed E-state index contributed by atoms with van der Waals surface area (Å²) in [5.41, 5.74) is 1.19. The van der Waals surface area contributed by atoms with Crippen molar-refractivity contribution in [1.29, 1.82) is 0 Å². The van der Waals surface area contributed by atoms with Gasteiger partial charge in [-0.1, -0.05) is 6.08 Å². The summed E-state index contributed by atoms with van der Waals surface area (Å²) in [4.78, 5) is 0. The minimum atomic E-state index is 0.606. The fourth-order valence-corrected chi connectivity index (χ4v) is 1.18. The third-order valence-electron chi connectivity index (χ3n) is 1.69. The van der Waals surface area contributed by atoms with Crippen LogP contribution in [0.5, 0.6) is 0 Å². The Kier molecular flexibility index (Phi) is 1.93. The van der Waals surface area contributed by atoms with Gasteiger partial charge in [0.1, 0.15) is 0 Å². The molecule has 0 unspecified atom stereocenters. The number of aliphatic hydroxyl groups is 1. The van der Waals surface area contributed by atoms with Gasteiger partial charge in [0, 0.05) is 6.42 Å². The minimum absolute atomic E-state index is 0.606. The van der Waals surface area contributed by atoms with Crippen LogP contribution in [0.2, 0.25) is 0 Å². The van der Waals surface area contributed by atoms with E-state index in [1.807, 2.05) is 6.08 Å². The highest BCUT2D eigenvalue weighted by atomic mass is 16.3. The zero-order valence-electron chi connectivity index (χ0n) is 5.56. The average Bonchev–Trinajstić information content (AvgIpc) is 2.18. The van der Waals surface area contributed by atoms with Crippen molar-refractivity contribution in [3.63, 3.8) is 0 Å². The summed E-state index contributed by atoms with van der Waals surface area (Å²) in [6, 6.07) is 0. The summed E-state index contributed by atoms with van der Waals surface area (Å²) < 4.78 is 0. The van der Waals surface area contributed by atoms with Crippen LogP contribution in [0.25, 0.3) is 0 Å². The zero-order chi connectivity index (χ0) is 6.69. The lowest BCUT2D eigenvalue weighted by molar-refractivity contribution is 0.392. The molecular weight excluding hydrogens is 112 g/mol. The first-order valence-corrected chi connectivity index (χ1v) is 3.35. The Labute approximate surface area is 55.7 Å². The quantitative estimate of drug-likeness (QED) is 0.561. The van der Waals surface area contributed by atoms with Gasteiger partial charge in [0.15, 0.2) is 0 Å². The highest BCUT2D eigenvalue weighted by Crippen LogP contribution is 2.25. The summed E-state index contributed by atoms with van der Waals surface area (Å²) in [7, 11) is 0. The lowest BCUT2D eigenvalue weighted by atomic mass is 10.2. The van der Waals surface area contributed by atoms with Gasteiger partial charge < -0.3 is 5.11 Å². The molecule has 0 aromatic rings. The Hall–Kier alpha value is -0.720. The molecule has 0 saturated carbocycles. The van der Waals surface area contributed by atoms with Crippen molar-refractivity contribution in [3.05, 3.63) is 24.0 Å². The van der Waals surface area contributed by atoms with Crippen molar-refractivity contribution in [1.82, 2.24) is 0 Å². The highest BCUT2D eigenvalue weighted by molar-refractivity contribution is 5.15. The number of aliphatic hydroxyl groups excluding tert-OH is 1. The first kappa shape index (κ1) is 6.40. The van der Waals surface area contributed by atoms with Crippen molar-refractivity contribution >= 4 is 0 Å². The van der Waals surface area contributed by atoms with E-state index in [0.717, 1.165) is 25.7 Å². The smallest absolute Gasteiger partial charge is 0.0917 e. The monoisotopic (exact) mass is 124 g/mol. The maximum atomic E-state index is 9.15. The molecule has 9 heavy (non-hydrogen) atoms. The van der Waals surface area contributed by atoms with E-state index < -0.39 is 0 Å². The van der Waals surface area contributed by atoms with Crippen LogP contribution < -0.4 is 0 Å². The Bertz CT molecular complexity index is 145. The molecule has 0 amide bonds. The van der Waals surface area contributed by atoms with Gasteiger partial charge in [-0.15, -0.1) is 6.58 Å². The standard InChI is InChI=1S/C8H12O/c1-2-4-7-5-3-6-8(7)9/h2,9H,1,3-6H2. The largest absolute Gasteiger partial charge is 0.512 e. The van der Waals surface area contributed by atoms with Gasteiger partial charge in [-0.3, -0.25) is 0 Å². The van der Waals surface area contributed by atoms with Gasteiger partial charge in [-0.05, 0) is 24.8 Å². The van der Waals surface area contributed by atoms with Gasteiger partial charge in [0.05, 0.1) is 5.76 Å². The number of hydrogen-bond acceptors (Lipinski definition) is 1. The molecule has 0 aliphatic heterocycles. The Morgan fingerprint density at radius 3 is 2.78 bits per heavy atom. The number of hydrogen-bond donors (Lipinski definition) is 1. The molecule has 1 aliphatic carbocycles. The summed E-state index contributed by atoms with van der Waals surface area (Å²) in [6.45, 7) is 3.61. The van der Waals surface area contributed by atoms with Crippen LogP contribution in [0.4, 0.5) is 0 Å². The molecule has 1 rings (SSSR count). The van der Waals surface area contributed by atoms with Crippen molar-refractivity contribution < 1.29 is 5.11 Å². The maximum Gasteiger partial charge on any atom is 0.0917 e. The zero-order valence-corrected chi connectivity index (χ0v) is 5.56.